The zero-order valence-electron chi connectivity index (χ0n) is 13.5. The summed E-state index contributed by atoms with van der Waals surface area (Å²) in [5, 5.41) is 5.09. The van der Waals surface area contributed by atoms with Crippen molar-refractivity contribution in [1.29, 1.82) is 0 Å². The van der Waals surface area contributed by atoms with Crippen LogP contribution in [-0.2, 0) is 33.1 Å². The summed E-state index contributed by atoms with van der Waals surface area (Å²) >= 11 is 0. The molecule has 0 saturated heterocycles. The predicted octanol–water partition coefficient (Wildman–Crippen LogP) is 1.40. The summed E-state index contributed by atoms with van der Waals surface area (Å²) in [5.74, 6) is -0.629. The predicted molar refractivity (Wildman–Crippen MR) is 90.0 cm³/mol. The Bertz CT molecular complexity index is 813. The Balaban J connectivity index is 2.23. The topological polar surface area (TPSA) is 81.5 Å². The molecule has 8 heteroatoms. The molecule has 0 unspecified atom stereocenters. The molecule has 1 aromatic heterocycles. The molecule has 1 heterocycles. The SMILES string of the molecule is COC(=O)CN(Cc1cnn(C)c1)S(=O)(=O)/C=C/c1ccccc1. The molecule has 0 aliphatic rings. The van der Waals surface area contributed by atoms with E-state index in [0.717, 1.165) is 15.3 Å². The van der Waals surface area contributed by atoms with Gasteiger partial charge in [-0.2, -0.15) is 9.40 Å². The van der Waals surface area contributed by atoms with Gasteiger partial charge in [0.05, 0.1) is 13.3 Å². The van der Waals surface area contributed by atoms with Crippen molar-refractivity contribution in [3.8, 4) is 0 Å². The Labute approximate surface area is 141 Å². The van der Waals surface area contributed by atoms with Gasteiger partial charge in [0.15, 0.2) is 0 Å². The van der Waals surface area contributed by atoms with Gasteiger partial charge in [-0.25, -0.2) is 8.42 Å². The lowest BCUT2D eigenvalue weighted by molar-refractivity contribution is -0.140. The van der Waals surface area contributed by atoms with Gasteiger partial charge in [-0.1, -0.05) is 30.3 Å². The van der Waals surface area contributed by atoms with Crippen molar-refractivity contribution in [3.05, 3.63) is 59.3 Å². The Hall–Kier alpha value is -2.45. The number of esters is 1. The number of hydrogen-bond acceptors (Lipinski definition) is 5. The standard InChI is InChI=1S/C16H19N3O4S/c1-18-11-15(10-17-18)12-19(13-16(20)23-2)24(21,22)9-8-14-6-4-3-5-7-14/h3-11H,12-13H2,1-2H3/b9-8+. The fourth-order valence-corrected chi connectivity index (χ4v) is 3.13. The second-order valence-electron chi connectivity index (χ2n) is 5.12. The summed E-state index contributed by atoms with van der Waals surface area (Å²) in [6.45, 7) is -0.336. The monoisotopic (exact) mass is 349 g/mol. The number of rotatable bonds is 7. The summed E-state index contributed by atoms with van der Waals surface area (Å²) in [6, 6.07) is 9.05. The van der Waals surface area contributed by atoms with Gasteiger partial charge in [-0.05, 0) is 11.6 Å². The molecule has 2 rings (SSSR count). The van der Waals surface area contributed by atoms with Crippen LogP contribution in [-0.4, -0.2) is 42.1 Å². The van der Waals surface area contributed by atoms with E-state index in [4.69, 9.17) is 0 Å². The van der Waals surface area contributed by atoms with Crippen molar-refractivity contribution < 1.29 is 17.9 Å². The molecular formula is C16H19N3O4S. The van der Waals surface area contributed by atoms with E-state index < -0.39 is 16.0 Å². The Morgan fingerprint density at radius 1 is 1.33 bits per heavy atom. The van der Waals surface area contributed by atoms with E-state index in [2.05, 4.69) is 9.84 Å². The molecule has 0 N–H and O–H groups in total. The Morgan fingerprint density at radius 2 is 2.04 bits per heavy atom. The largest absolute Gasteiger partial charge is 0.468 e. The van der Waals surface area contributed by atoms with Crippen LogP contribution in [0.4, 0.5) is 0 Å². The third-order valence-corrected chi connectivity index (χ3v) is 4.70. The van der Waals surface area contributed by atoms with E-state index in [1.807, 2.05) is 18.2 Å². The first-order valence-corrected chi connectivity index (χ1v) is 8.68. The number of nitrogens with zero attached hydrogens (tertiary/aromatic N) is 3. The first kappa shape index (κ1) is 17.9. The number of hydrogen-bond donors (Lipinski definition) is 0. The highest BCUT2D eigenvalue weighted by Crippen LogP contribution is 2.12. The number of aromatic nitrogens is 2. The number of ether oxygens (including phenoxy) is 1. The van der Waals surface area contributed by atoms with Crippen LogP contribution in [0.25, 0.3) is 6.08 Å². The molecule has 0 spiro atoms. The van der Waals surface area contributed by atoms with Crippen LogP contribution in [0.1, 0.15) is 11.1 Å². The van der Waals surface area contributed by atoms with Crippen molar-refractivity contribution >= 4 is 22.1 Å². The van der Waals surface area contributed by atoms with Gasteiger partial charge in [0.25, 0.3) is 0 Å². The molecule has 0 aliphatic carbocycles. The molecule has 1 aromatic carbocycles. The van der Waals surface area contributed by atoms with E-state index in [9.17, 15) is 13.2 Å². The molecule has 0 fully saturated rings. The van der Waals surface area contributed by atoms with Gasteiger partial charge >= 0.3 is 5.97 Å². The minimum Gasteiger partial charge on any atom is -0.468 e. The maximum absolute atomic E-state index is 12.6. The van der Waals surface area contributed by atoms with Crippen LogP contribution in [0.5, 0.6) is 0 Å². The van der Waals surface area contributed by atoms with E-state index in [0.29, 0.717) is 5.56 Å². The molecular weight excluding hydrogens is 330 g/mol. The van der Waals surface area contributed by atoms with Crippen molar-refractivity contribution in [2.45, 2.75) is 6.54 Å². The highest BCUT2D eigenvalue weighted by Gasteiger charge is 2.23. The third-order valence-electron chi connectivity index (χ3n) is 3.24. The minimum atomic E-state index is -3.80. The first-order valence-electron chi connectivity index (χ1n) is 7.18. The van der Waals surface area contributed by atoms with Crippen molar-refractivity contribution in [2.24, 2.45) is 7.05 Å². The lowest BCUT2D eigenvalue weighted by Gasteiger charge is -2.18. The number of carbonyl (C=O) groups excluding carboxylic acids is 1. The summed E-state index contributed by atoms with van der Waals surface area (Å²) in [6.07, 6.45) is 4.74. The number of aryl methyl sites for hydroxylation is 1. The number of methoxy groups -OCH3 is 1. The summed E-state index contributed by atoms with van der Waals surface area (Å²) in [5.41, 5.74) is 1.43. The number of sulfonamides is 1. The quantitative estimate of drug-likeness (QED) is 0.706. The van der Waals surface area contributed by atoms with Crippen LogP contribution in [0.3, 0.4) is 0 Å². The first-order chi connectivity index (χ1) is 11.4. The molecule has 128 valence electrons. The van der Waals surface area contributed by atoms with Crippen LogP contribution >= 0.6 is 0 Å². The van der Waals surface area contributed by atoms with Crippen molar-refractivity contribution in [1.82, 2.24) is 14.1 Å². The maximum Gasteiger partial charge on any atom is 0.321 e. The fraction of sp³-hybridized carbons (Fsp3) is 0.250. The minimum absolute atomic E-state index is 0.0321. The van der Waals surface area contributed by atoms with Gasteiger partial charge in [0.2, 0.25) is 10.0 Å². The Kier molecular flexibility index (Phi) is 5.88. The zero-order valence-corrected chi connectivity index (χ0v) is 14.3. The average molecular weight is 349 g/mol. The highest BCUT2D eigenvalue weighted by molar-refractivity contribution is 7.92. The third kappa shape index (κ3) is 5.04. The molecule has 0 aliphatic heterocycles. The molecule has 7 nitrogen and oxygen atoms in total. The average Bonchev–Trinajstić information content (AvgIpc) is 2.98. The summed E-state index contributed by atoms with van der Waals surface area (Å²) < 4.78 is 32.4. The zero-order chi connectivity index (χ0) is 17.6. The van der Waals surface area contributed by atoms with Crippen molar-refractivity contribution in [3.63, 3.8) is 0 Å². The second-order valence-corrected chi connectivity index (χ2v) is 6.94. The molecule has 0 saturated carbocycles. The molecule has 2 aromatic rings. The lowest BCUT2D eigenvalue weighted by atomic mass is 10.2. The van der Waals surface area contributed by atoms with E-state index in [1.165, 1.54) is 13.2 Å². The molecule has 24 heavy (non-hydrogen) atoms. The van der Waals surface area contributed by atoms with Crippen molar-refractivity contribution in [2.75, 3.05) is 13.7 Å². The van der Waals surface area contributed by atoms with Gasteiger partial charge in [-0.3, -0.25) is 9.48 Å². The fourth-order valence-electron chi connectivity index (χ4n) is 2.02. The normalized spacial score (nSPS) is 12.0. The van der Waals surface area contributed by atoms with Gasteiger partial charge in [0.1, 0.15) is 6.54 Å². The summed E-state index contributed by atoms with van der Waals surface area (Å²) in [4.78, 5) is 11.6. The molecule has 0 radical (unpaired) electrons. The molecule has 0 atom stereocenters. The molecule has 0 amide bonds. The lowest BCUT2D eigenvalue weighted by Crippen LogP contribution is -2.34. The highest BCUT2D eigenvalue weighted by atomic mass is 32.2. The van der Waals surface area contributed by atoms with Gasteiger partial charge < -0.3 is 4.74 Å². The number of benzene rings is 1. The smallest absolute Gasteiger partial charge is 0.321 e. The van der Waals surface area contributed by atoms with E-state index >= 15 is 0 Å². The molecule has 0 bridgehead atoms. The van der Waals surface area contributed by atoms with Gasteiger partial charge in [0, 0.05) is 30.8 Å². The Morgan fingerprint density at radius 3 is 2.62 bits per heavy atom. The van der Waals surface area contributed by atoms with Gasteiger partial charge in [-0.15, -0.1) is 0 Å². The van der Waals surface area contributed by atoms with E-state index in [1.54, 1.807) is 36.3 Å². The van der Waals surface area contributed by atoms with Crippen LogP contribution in [0.2, 0.25) is 0 Å². The number of carbonyl (C=O) groups is 1. The van der Waals surface area contributed by atoms with Crippen LogP contribution in [0.15, 0.2) is 48.1 Å². The second kappa shape index (κ2) is 7.89. The summed E-state index contributed by atoms with van der Waals surface area (Å²) in [7, 11) is -0.846. The van der Waals surface area contributed by atoms with Crippen LogP contribution < -0.4 is 0 Å². The van der Waals surface area contributed by atoms with E-state index in [-0.39, 0.29) is 13.1 Å². The van der Waals surface area contributed by atoms with Crippen LogP contribution in [0, 0.1) is 0 Å². The maximum atomic E-state index is 12.6.